The van der Waals surface area contributed by atoms with E-state index in [0.29, 0.717) is 18.2 Å². The molecule has 0 spiro atoms. The Morgan fingerprint density at radius 1 is 1.33 bits per heavy atom. The molecule has 0 radical (unpaired) electrons. The summed E-state index contributed by atoms with van der Waals surface area (Å²) in [5.41, 5.74) is 2.04. The molecular weight excluding hydrogens is 324 g/mol. The van der Waals surface area contributed by atoms with E-state index in [4.69, 9.17) is 0 Å². The maximum absolute atomic E-state index is 12.4. The van der Waals surface area contributed by atoms with Gasteiger partial charge < -0.3 is 10.2 Å². The number of amides is 1. The summed E-state index contributed by atoms with van der Waals surface area (Å²) in [6.07, 6.45) is 1.38. The van der Waals surface area contributed by atoms with Gasteiger partial charge in [0.15, 0.2) is 5.16 Å². The lowest BCUT2D eigenvalue weighted by atomic mass is 10.1. The van der Waals surface area contributed by atoms with Crippen LogP contribution in [0, 0.1) is 0 Å². The van der Waals surface area contributed by atoms with Crippen LogP contribution in [0.15, 0.2) is 40.4 Å². The summed E-state index contributed by atoms with van der Waals surface area (Å²) in [7, 11) is 4.01. The van der Waals surface area contributed by atoms with E-state index in [-0.39, 0.29) is 17.0 Å². The van der Waals surface area contributed by atoms with Gasteiger partial charge in [-0.3, -0.25) is 14.2 Å². The highest BCUT2D eigenvalue weighted by molar-refractivity contribution is 7.99. The number of nitrogens with one attached hydrogen (secondary N) is 1. The molecule has 2 heterocycles. The Kier molecular flexibility index (Phi) is 5.01. The lowest BCUT2D eigenvalue weighted by Crippen LogP contribution is -2.33. The molecule has 1 N–H and O–H groups in total. The fraction of sp³-hybridized carbons (Fsp3) is 0.353. The van der Waals surface area contributed by atoms with Crippen LogP contribution in [0.2, 0.25) is 0 Å². The van der Waals surface area contributed by atoms with Gasteiger partial charge in [0, 0.05) is 31.6 Å². The number of rotatable bonds is 5. The zero-order valence-electron chi connectivity index (χ0n) is 13.8. The quantitative estimate of drug-likeness (QED) is 0.829. The number of carbonyl (C=O) groups excluding carboxylic acids is 1. The Bertz CT molecular complexity index is 816. The Morgan fingerprint density at radius 2 is 2.08 bits per heavy atom. The van der Waals surface area contributed by atoms with Crippen molar-refractivity contribution >= 4 is 17.7 Å². The number of hydrogen-bond acceptors (Lipinski definition) is 5. The summed E-state index contributed by atoms with van der Waals surface area (Å²) in [6.45, 7) is 1.80. The molecule has 0 unspecified atom stereocenters. The summed E-state index contributed by atoms with van der Waals surface area (Å²) in [6, 6.07) is 7.97. The van der Waals surface area contributed by atoms with E-state index < -0.39 is 0 Å². The Balaban J connectivity index is 1.74. The number of thioether (sulfide) groups is 1. The van der Waals surface area contributed by atoms with Crippen molar-refractivity contribution in [2.75, 3.05) is 19.8 Å². The maximum atomic E-state index is 12.4. The van der Waals surface area contributed by atoms with Gasteiger partial charge in [0.25, 0.3) is 11.5 Å². The molecule has 0 fully saturated rings. The topological polar surface area (TPSA) is 67.2 Å². The van der Waals surface area contributed by atoms with Crippen molar-refractivity contribution in [2.24, 2.45) is 0 Å². The average Bonchev–Trinajstić information content (AvgIpc) is 3.03. The summed E-state index contributed by atoms with van der Waals surface area (Å²) in [5, 5.41) is 3.53. The highest BCUT2D eigenvalue weighted by atomic mass is 32.2. The third-order valence-electron chi connectivity index (χ3n) is 3.85. The summed E-state index contributed by atoms with van der Waals surface area (Å²) >= 11 is 1.54. The molecule has 3 rings (SSSR count). The monoisotopic (exact) mass is 344 g/mol. The molecule has 126 valence electrons. The lowest BCUT2D eigenvalue weighted by Gasteiger charge is -2.14. The largest absolute Gasteiger partial charge is 0.348 e. The van der Waals surface area contributed by atoms with Crippen molar-refractivity contribution in [3.8, 4) is 0 Å². The normalized spacial score (nSPS) is 13.1. The number of carbonyl (C=O) groups is 1. The second-order valence-corrected chi connectivity index (χ2v) is 7.01. The second kappa shape index (κ2) is 7.19. The minimum absolute atomic E-state index is 0.103. The first kappa shape index (κ1) is 16.7. The molecule has 0 saturated carbocycles. The van der Waals surface area contributed by atoms with Gasteiger partial charge in [-0.05, 0) is 25.2 Å². The van der Waals surface area contributed by atoms with E-state index in [1.165, 1.54) is 18.0 Å². The fourth-order valence-electron chi connectivity index (χ4n) is 2.67. The van der Waals surface area contributed by atoms with Crippen LogP contribution in [-0.4, -0.2) is 40.2 Å². The first-order chi connectivity index (χ1) is 11.6. The molecule has 6 nitrogen and oxygen atoms in total. The molecule has 2 aromatic rings. The summed E-state index contributed by atoms with van der Waals surface area (Å²) in [5.74, 6) is 0.449. The van der Waals surface area contributed by atoms with E-state index in [2.05, 4.69) is 15.2 Å². The molecule has 1 aromatic carbocycles. The van der Waals surface area contributed by atoms with E-state index in [1.54, 1.807) is 4.57 Å². The molecule has 1 amide bonds. The lowest BCUT2D eigenvalue weighted by molar-refractivity contribution is 0.0948. The van der Waals surface area contributed by atoms with Crippen LogP contribution in [0.3, 0.4) is 0 Å². The third-order valence-corrected chi connectivity index (χ3v) is 4.82. The van der Waals surface area contributed by atoms with Crippen LogP contribution < -0.4 is 10.9 Å². The van der Waals surface area contributed by atoms with Gasteiger partial charge in [-0.25, -0.2) is 4.98 Å². The number of hydrogen-bond donors (Lipinski definition) is 1. The van der Waals surface area contributed by atoms with Crippen LogP contribution in [0.4, 0.5) is 0 Å². The van der Waals surface area contributed by atoms with Crippen molar-refractivity contribution in [3.63, 3.8) is 0 Å². The van der Waals surface area contributed by atoms with Crippen LogP contribution in [0.1, 0.15) is 21.5 Å². The highest BCUT2D eigenvalue weighted by Gasteiger charge is 2.19. The van der Waals surface area contributed by atoms with Gasteiger partial charge in [-0.2, -0.15) is 0 Å². The first-order valence-electron chi connectivity index (χ1n) is 7.78. The van der Waals surface area contributed by atoms with Crippen LogP contribution in [0.5, 0.6) is 0 Å². The van der Waals surface area contributed by atoms with E-state index in [9.17, 15) is 9.59 Å². The van der Waals surface area contributed by atoms with E-state index in [1.807, 2.05) is 38.4 Å². The zero-order chi connectivity index (χ0) is 17.1. The van der Waals surface area contributed by atoms with Crippen molar-refractivity contribution in [3.05, 3.63) is 57.5 Å². The molecule has 0 atom stereocenters. The number of nitrogens with zero attached hydrogens (tertiary/aromatic N) is 3. The highest BCUT2D eigenvalue weighted by Crippen LogP contribution is 2.20. The van der Waals surface area contributed by atoms with Gasteiger partial charge in [-0.15, -0.1) is 0 Å². The smallest absolute Gasteiger partial charge is 0.267 e. The van der Waals surface area contributed by atoms with E-state index in [0.717, 1.165) is 23.4 Å². The van der Waals surface area contributed by atoms with Gasteiger partial charge >= 0.3 is 0 Å². The predicted octanol–water partition coefficient (Wildman–Crippen LogP) is 1.34. The number of fused-ring (bicyclic) bond motifs is 1. The first-order valence-corrected chi connectivity index (χ1v) is 8.77. The van der Waals surface area contributed by atoms with Crippen molar-refractivity contribution < 1.29 is 4.79 Å². The fourth-order valence-corrected chi connectivity index (χ4v) is 3.58. The minimum Gasteiger partial charge on any atom is -0.348 e. The molecule has 24 heavy (non-hydrogen) atoms. The van der Waals surface area contributed by atoms with E-state index >= 15 is 0 Å². The summed E-state index contributed by atoms with van der Waals surface area (Å²) < 4.78 is 1.57. The molecule has 0 aliphatic carbocycles. The van der Waals surface area contributed by atoms with Crippen LogP contribution >= 0.6 is 11.8 Å². The Morgan fingerprint density at radius 3 is 2.83 bits per heavy atom. The number of benzene rings is 1. The average molecular weight is 344 g/mol. The zero-order valence-corrected chi connectivity index (χ0v) is 14.6. The predicted molar refractivity (Wildman–Crippen MR) is 94.2 cm³/mol. The minimum atomic E-state index is -0.376. The van der Waals surface area contributed by atoms with Crippen molar-refractivity contribution in [1.82, 2.24) is 19.8 Å². The van der Waals surface area contributed by atoms with Crippen LogP contribution in [-0.2, 0) is 19.6 Å². The van der Waals surface area contributed by atoms with Gasteiger partial charge in [0.1, 0.15) is 5.56 Å². The molecule has 1 aliphatic heterocycles. The molecular formula is C17H20N4O2S. The third kappa shape index (κ3) is 3.52. The van der Waals surface area contributed by atoms with Crippen LogP contribution in [0.25, 0.3) is 0 Å². The summed E-state index contributed by atoms with van der Waals surface area (Å²) in [4.78, 5) is 31.0. The van der Waals surface area contributed by atoms with Gasteiger partial charge in [0.05, 0.1) is 0 Å². The molecule has 0 saturated heterocycles. The van der Waals surface area contributed by atoms with Gasteiger partial charge in [-0.1, -0.05) is 36.0 Å². The molecule has 1 aliphatic rings. The van der Waals surface area contributed by atoms with Gasteiger partial charge in [0.2, 0.25) is 0 Å². The SMILES string of the molecule is CN(C)Cc1ccccc1CNC(=O)c1cnc2n(c1=O)CCS2. The molecule has 1 aromatic heterocycles. The van der Waals surface area contributed by atoms with Crippen molar-refractivity contribution in [1.29, 1.82) is 0 Å². The molecule has 7 heteroatoms. The maximum Gasteiger partial charge on any atom is 0.267 e. The Labute approximate surface area is 144 Å². The standard InChI is InChI=1S/C17H20N4O2S/c1-20(2)11-13-6-4-3-5-12(13)9-18-15(22)14-10-19-17-21(16(14)23)7-8-24-17/h3-6,10H,7-9,11H2,1-2H3,(H,18,22). The molecule has 0 bridgehead atoms. The number of aromatic nitrogens is 2. The van der Waals surface area contributed by atoms with Crippen molar-refractivity contribution in [2.45, 2.75) is 24.8 Å². The Hall–Kier alpha value is -2.12. The second-order valence-electron chi connectivity index (χ2n) is 5.95.